The van der Waals surface area contributed by atoms with Gasteiger partial charge >= 0.3 is 0 Å². The van der Waals surface area contributed by atoms with Crippen molar-refractivity contribution < 1.29 is 10.0 Å². The van der Waals surface area contributed by atoms with Gasteiger partial charge in [-0.2, -0.15) is 0 Å². The van der Waals surface area contributed by atoms with Crippen molar-refractivity contribution in [2.45, 2.75) is 13.0 Å². The number of hydrogen-bond acceptors (Lipinski definition) is 4. The molecular formula is C15H15ClN2O3. The first-order valence-electron chi connectivity index (χ1n) is 6.47. The lowest BCUT2D eigenvalue weighted by Crippen LogP contribution is -2.16. The summed E-state index contributed by atoms with van der Waals surface area (Å²) in [5.74, 6) is 0.210. The molecule has 2 N–H and O–H groups in total. The van der Waals surface area contributed by atoms with Crippen LogP contribution in [0.15, 0.2) is 42.5 Å². The molecule has 0 heterocycles. The second-order valence-electron chi connectivity index (χ2n) is 4.62. The second-order valence-corrected chi connectivity index (χ2v) is 5.06. The molecule has 21 heavy (non-hydrogen) atoms. The lowest BCUT2D eigenvalue weighted by molar-refractivity contribution is -0.384. The van der Waals surface area contributed by atoms with Gasteiger partial charge in [-0.15, -0.1) is 0 Å². The fraction of sp³-hybridized carbons (Fsp3) is 0.200. The summed E-state index contributed by atoms with van der Waals surface area (Å²) in [7, 11) is 0. The topological polar surface area (TPSA) is 75.4 Å². The minimum atomic E-state index is -0.413. The lowest BCUT2D eigenvalue weighted by atomic mass is 10.1. The zero-order valence-electron chi connectivity index (χ0n) is 11.3. The molecule has 0 amide bonds. The van der Waals surface area contributed by atoms with Crippen LogP contribution >= 0.6 is 11.6 Å². The highest BCUT2D eigenvalue weighted by Gasteiger charge is 2.04. The van der Waals surface area contributed by atoms with Gasteiger partial charge in [-0.1, -0.05) is 23.7 Å². The SMILES string of the molecule is O=[N+]([O-])c1ccc(CCNCc2cc(Cl)ccc2O)cc1. The Labute approximate surface area is 127 Å². The van der Waals surface area contributed by atoms with Gasteiger partial charge in [0.25, 0.3) is 5.69 Å². The van der Waals surface area contributed by atoms with Gasteiger partial charge in [-0.25, -0.2) is 0 Å². The first-order chi connectivity index (χ1) is 10.1. The van der Waals surface area contributed by atoms with Gasteiger partial charge in [0.2, 0.25) is 0 Å². The van der Waals surface area contributed by atoms with Crippen LogP contribution in [-0.2, 0) is 13.0 Å². The normalized spacial score (nSPS) is 10.5. The number of hydrogen-bond donors (Lipinski definition) is 2. The van der Waals surface area contributed by atoms with Crippen molar-refractivity contribution in [3.63, 3.8) is 0 Å². The van der Waals surface area contributed by atoms with Gasteiger partial charge < -0.3 is 10.4 Å². The number of non-ortho nitro benzene ring substituents is 1. The van der Waals surface area contributed by atoms with E-state index in [-0.39, 0.29) is 11.4 Å². The van der Waals surface area contributed by atoms with E-state index in [2.05, 4.69) is 5.32 Å². The number of aromatic hydroxyl groups is 1. The fourth-order valence-electron chi connectivity index (χ4n) is 1.94. The van der Waals surface area contributed by atoms with Crippen molar-refractivity contribution >= 4 is 17.3 Å². The summed E-state index contributed by atoms with van der Waals surface area (Å²) in [5.41, 5.74) is 1.85. The largest absolute Gasteiger partial charge is 0.508 e. The molecular weight excluding hydrogens is 292 g/mol. The maximum Gasteiger partial charge on any atom is 0.269 e. The van der Waals surface area contributed by atoms with E-state index in [4.69, 9.17) is 11.6 Å². The summed E-state index contributed by atoms with van der Waals surface area (Å²) < 4.78 is 0. The van der Waals surface area contributed by atoms with Crippen LogP contribution in [-0.4, -0.2) is 16.6 Å². The number of nitrogens with one attached hydrogen (secondary N) is 1. The predicted molar refractivity (Wildman–Crippen MR) is 81.6 cm³/mol. The average molecular weight is 307 g/mol. The number of nitro benzene ring substituents is 1. The smallest absolute Gasteiger partial charge is 0.269 e. The second kappa shape index (κ2) is 7.06. The maximum absolute atomic E-state index is 10.5. The molecule has 0 bridgehead atoms. The molecule has 0 spiro atoms. The van der Waals surface area contributed by atoms with E-state index < -0.39 is 4.92 Å². The summed E-state index contributed by atoms with van der Waals surface area (Å²) in [6.07, 6.45) is 0.749. The van der Waals surface area contributed by atoms with Crippen molar-refractivity contribution in [3.8, 4) is 5.75 Å². The molecule has 0 saturated carbocycles. The molecule has 0 fully saturated rings. The van der Waals surface area contributed by atoms with Crippen LogP contribution in [0, 0.1) is 10.1 Å². The molecule has 0 aliphatic carbocycles. The number of nitro groups is 1. The molecule has 0 atom stereocenters. The summed E-state index contributed by atoms with van der Waals surface area (Å²) in [6.45, 7) is 1.21. The monoisotopic (exact) mass is 306 g/mol. The molecule has 0 aromatic heterocycles. The van der Waals surface area contributed by atoms with E-state index in [1.807, 2.05) is 0 Å². The molecule has 0 saturated heterocycles. The van der Waals surface area contributed by atoms with E-state index >= 15 is 0 Å². The van der Waals surface area contributed by atoms with E-state index in [1.54, 1.807) is 30.3 Å². The van der Waals surface area contributed by atoms with Crippen LogP contribution in [0.1, 0.15) is 11.1 Å². The minimum absolute atomic E-state index is 0.0931. The van der Waals surface area contributed by atoms with Crippen molar-refractivity contribution in [2.75, 3.05) is 6.54 Å². The van der Waals surface area contributed by atoms with Gasteiger partial charge in [-0.05, 0) is 36.7 Å². The number of phenols is 1. The molecule has 0 unspecified atom stereocenters. The Bertz CT molecular complexity index is 629. The molecule has 0 radical (unpaired) electrons. The number of benzene rings is 2. The highest BCUT2D eigenvalue weighted by Crippen LogP contribution is 2.21. The number of phenolic OH excluding ortho intramolecular Hbond substituents is 1. The van der Waals surface area contributed by atoms with Gasteiger partial charge in [0.15, 0.2) is 0 Å². The van der Waals surface area contributed by atoms with Crippen LogP contribution in [0.25, 0.3) is 0 Å². The number of nitrogens with zero attached hydrogens (tertiary/aromatic N) is 1. The Morgan fingerprint density at radius 3 is 2.57 bits per heavy atom. The molecule has 2 aromatic carbocycles. The van der Waals surface area contributed by atoms with E-state index in [1.165, 1.54) is 12.1 Å². The van der Waals surface area contributed by atoms with Crippen LogP contribution in [0.2, 0.25) is 5.02 Å². The summed E-state index contributed by atoms with van der Waals surface area (Å²) in [6, 6.07) is 11.4. The van der Waals surface area contributed by atoms with Gasteiger partial charge in [0, 0.05) is 29.3 Å². The molecule has 110 valence electrons. The Morgan fingerprint density at radius 1 is 1.19 bits per heavy atom. The van der Waals surface area contributed by atoms with Crippen molar-refractivity contribution in [3.05, 3.63) is 68.7 Å². The number of rotatable bonds is 6. The van der Waals surface area contributed by atoms with Gasteiger partial charge in [0.1, 0.15) is 5.75 Å². The van der Waals surface area contributed by atoms with Crippen LogP contribution in [0.5, 0.6) is 5.75 Å². The zero-order valence-corrected chi connectivity index (χ0v) is 12.0. The van der Waals surface area contributed by atoms with Crippen LogP contribution in [0.4, 0.5) is 5.69 Å². The van der Waals surface area contributed by atoms with Crippen LogP contribution < -0.4 is 5.32 Å². The van der Waals surface area contributed by atoms with Gasteiger partial charge in [0.05, 0.1) is 4.92 Å². The molecule has 6 heteroatoms. The Kier molecular flexibility index (Phi) is 5.14. The Balaban J connectivity index is 1.81. The molecule has 2 rings (SSSR count). The highest BCUT2D eigenvalue weighted by molar-refractivity contribution is 6.30. The van der Waals surface area contributed by atoms with Crippen molar-refractivity contribution in [2.24, 2.45) is 0 Å². The quantitative estimate of drug-likeness (QED) is 0.488. The highest BCUT2D eigenvalue weighted by atomic mass is 35.5. The van der Waals surface area contributed by atoms with Crippen LogP contribution in [0.3, 0.4) is 0 Å². The first-order valence-corrected chi connectivity index (χ1v) is 6.85. The lowest BCUT2D eigenvalue weighted by Gasteiger charge is -2.07. The summed E-state index contributed by atoms with van der Waals surface area (Å²) in [4.78, 5) is 10.1. The first kappa shape index (κ1) is 15.3. The van der Waals surface area contributed by atoms with E-state index in [0.717, 1.165) is 17.5 Å². The summed E-state index contributed by atoms with van der Waals surface area (Å²) in [5, 5.41) is 24.0. The Hall–Kier alpha value is -2.11. The zero-order chi connectivity index (χ0) is 15.2. The third kappa shape index (κ3) is 4.44. The third-order valence-corrected chi connectivity index (χ3v) is 3.33. The standard InChI is InChI=1S/C15H15ClN2O3/c16-13-3-6-15(19)12(9-13)10-17-8-7-11-1-4-14(5-2-11)18(20)21/h1-6,9,17,19H,7-8,10H2. The van der Waals surface area contributed by atoms with E-state index in [9.17, 15) is 15.2 Å². The molecule has 0 aliphatic heterocycles. The van der Waals surface area contributed by atoms with Crippen molar-refractivity contribution in [1.29, 1.82) is 0 Å². The van der Waals surface area contributed by atoms with Gasteiger partial charge in [-0.3, -0.25) is 10.1 Å². The molecule has 2 aromatic rings. The molecule has 5 nitrogen and oxygen atoms in total. The summed E-state index contributed by atoms with van der Waals surface area (Å²) >= 11 is 5.87. The predicted octanol–water partition coefficient (Wildman–Crippen LogP) is 3.29. The molecule has 0 aliphatic rings. The van der Waals surface area contributed by atoms with Crippen molar-refractivity contribution in [1.82, 2.24) is 5.32 Å². The minimum Gasteiger partial charge on any atom is -0.508 e. The number of halogens is 1. The Morgan fingerprint density at radius 2 is 1.90 bits per heavy atom. The average Bonchev–Trinajstić information content (AvgIpc) is 2.47. The fourth-order valence-corrected chi connectivity index (χ4v) is 2.13. The third-order valence-electron chi connectivity index (χ3n) is 3.09. The maximum atomic E-state index is 10.5. The van der Waals surface area contributed by atoms with E-state index in [0.29, 0.717) is 18.1 Å².